The molecule has 4 heteroatoms. The van der Waals surface area contributed by atoms with Crippen molar-refractivity contribution in [1.29, 1.82) is 0 Å². The standard InChI is InChI=1S/C23H31FO3/c1-13-8-15-9-17(26)4-5-18(15)19-6-7-21(3)22(24,12-27-14(2)25)10-16-11-23(16,21)20(13)19/h9,13,16,18-20H,4-8,10-12H2,1-3H3/t13-,16+,18+,19-,20-,21-,22-,23-/m1/s1. The summed E-state index contributed by atoms with van der Waals surface area (Å²) in [6.45, 7) is 5.78. The fourth-order valence-corrected chi connectivity index (χ4v) is 8.44. The molecule has 0 radical (unpaired) electrons. The second-order valence-corrected chi connectivity index (χ2v) is 10.5. The summed E-state index contributed by atoms with van der Waals surface area (Å²) in [6.07, 6.45) is 8.24. The van der Waals surface area contributed by atoms with Crippen LogP contribution in [0.4, 0.5) is 4.39 Å². The lowest BCUT2D eigenvalue weighted by molar-refractivity contribution is -0.162. The van der Waals surface area contributed by atoms with E-state index in [0.29, 0.717) is 48.2 Å². The first kappa shape index (κ1) is 17.9. The van der Waals surface area contributed by atoms with E-state index >= 15 is 4.39 Å². The van der Waals surface area contributed by atoms with Crippen molar-refractivity contribution in [2.75, 3.05) is 6.61 Å². The van der Waals surface area contributed by atoms with Crippen LogP contribution in [0.2, 0.25) is 0 Å². The topological polar surface area (TPSA) is 43.4 Å². The number of carbonyl (C=O) groups is 2. The summed E-state index contributed by atoms with van der Waals surface area (Å²) in [5.41, 5.74) is -0.315. The van der Waals surface area contributed by atoms with Crippen LogP contribution in [0.15, 0.2) is 11.6 Å². The molecule has 4 saturated carbocycles. The maximum absolute atomic E-state index is 16.2. The molecule has 3 nitrogen and oxygen atoms in total. The molecule has 0 N–H and O–H groups in total. The predicted octanol–water partition coefficient (Wildman–Crippen LogP) is 4.65. The summed E-state index contributed by atoms with van der Waals surface area (Å²) in [5.74, 6) is 2.53. The third-order valence-corrected chi connectivity index (χ3v) is 9.49. The average molecular weight is 374 g/mol. The molecule has 0 amide bonds. The summed E-state index contributed by atoms with van der Waals surface area (Å²) >= 11 is 0. The Hall–Kier alpha value is -1.19. The number of hydrogen-bond donors (Lipinski definition) is 0. The zero-order valence-corrected chi connectivity index (χ0v) is 16.7. The predicted molar refractivity (Wildman–Crippen MR) is 99.5 cm³/mol. The molecule has 0 bridgehead atoms. The number of carbonyl (C=O) groups excluding carboxylic acids is 2. The number of ether oxygens (including phenoxy) is 1. The normalized spacial score (nSPS) is 52.8. The molecule has 1 spiro atoms. The van der Waals surface area contributed by atoms with Gasteiger partial charge < -0.3 is 4.74 Å². The SMILES string of the molecule is CC(=O)OC[C@]1(F)C[C@H]2C[C@]23[C@H]2[C@H](CC[C@]13C)[C@H]1CCC(=O)C=C1C[C@H]2C. The molecule has 0 aliphatic heterocycles. The van der Waals surface area contributed by atoms with E-state index in [4.69, 9.17) is 4.74 Å². The van der Waals surface area contributed by atoms with Gasteiger partial charge >= 0.3 is 5.97 Å². The van der Waals surface area contributed by atoms with Gasteiger partial charge in [-0.15, -0.1) is 0 Å². The molecule has 0 saturated heterocycles. The highest BCUT2D eigenvalue weighted by Crippen LogP contribution is 2.85. The first-order valence-electron chi connectivity index (χ1n) is 10.8. The maximum atomic E-state index is 16.2. The molecule has 5 rings (SSSR count). The summed E-state index contributed by atoms with van der Waals surface area (Å²) < 4.78 is 21.4. The number of allylic oxidation sites excluding steroid dienone is 1. The number of fused-ring (bicyclic) bond motifs is 3. The van der Waals surface area contributed by atoms with Crippen LogP contribution in [0.1, 0.15) is 65.7 Å². The number of ketones is 1. The number of esters is 1. The quantitative estimate of drug-likeness (QED) is 0.661. The average Bonchev–Trinajstić information content (AvgIpc) is 3.25. The first-order valence-corrected chi connectivity index (χ1v) is 10.8. The molecule has 8 atom stereocenters. The van der Waals surface area contributed by atoms with E-state index in [-0.39, 0.29) is 23.4 Å². The largest absolute Gasteiger partial charge is 0.462 e. The number of alkyl halides is 1. The van der Waals surface area contributed by atoms with E-state index in [1.165, 1.54) is 12.5 Å². The third-order valence-electron chi connectivity index (χ3n) is 9.49. The first-order chi connectivity index (χ1) is 12.7. The summed E-state index contributed by atoms with van der Waals surface area (Å²) in [5, 5.41) is 0. The molecule has 4 fully saturated rings. The Kier molecular flexibility index (Phi) is 3.61. The van der Waals surface area contributed by atoms with Crippen LogP contribution in [0.3, 0.4) is 0 Å². The molecular formula is C23H31FO3. The van der Waals surface area contributed by atoms with Crippen molar-refractivity contribution in [3.63, 3.8) is 0 Å². The van der Waals surface area contributed by atoms with E-state index in [9.17, 15) is 9.59 Å². The van der Waals surface area contributed by atoms with Gasteiger partial charge in [-0.2, -0.15) is 0 Å². The van der Waals surface area contributed by atoms with Crippen LogP contribution in [-0.2, 0) is 14.3 Å². The Morgan fingerprint density at radius 1 is 1.33 bits per heavy atom. The maximum Gasteiger partial charge on any atom is 0.302 e. The molecule has 27 heavy (non-hydrogen) atoms. The van der Waals surface area contributed by atoms with Gasteiger partial charge in [-0.05, 0) is 79.6 Å². The third kappa shape index (κ3) is 2.13. The zero-order chi connectivity index (χ0) is 19.2. The lowest BCUT2D eigenvalue weighted by Crippen LogP contribution is -2.57. The second-order valence-electron chi connectivity index (χ2n) is 10.5. The smallest absolute Gasteiger partial charge is 0.302 e. The second kappa shape index (κ2) is 5.45. The zero-order valence-electron chi connectivity index (χ0n) is 16.7. The minimum atomic E-state index is -1.38. The molecule has 0 aromatic carbocycles. The van der Waals surface area contributed by atoms with Crippen molar-refractivity contribution in [3.05, 3.63) is 11.6 Å². The Morgan fingerprint density at radius 2 is 2.11 bits per heavy atom. The van der Waals surface area contributed by atoms with Gasteiger partial charge in [0.1, 0.15) is 6.61 Å². The van der Waals surface area contributed by atoms with E-state index in [2.05, 4.69) is 13.8 Å². The fourth-order valence-electron chi connectivity index (χ4n) is 8.44. The van der Waals surface area contributed by atoms with Gasteiger partial charge in [-0.1, -0.05) is 19.4 Å². The van der Waals surface area contributed by atoms with Crippen LogP contribution in [0.5, 0.6) is 0 Å². The number of halogens is 1. The van der Waals surface area contributed by atoms with Crippen LogP contribution in [-0.4, -0.2) is 24.0 Å². The van der Waals surface area contributed by atoms with Crippen molar-refractivity contribution in [2.45, 2.75) is 71.4 Å². The molecule has 0 heterocycles. The van der Waals surface area contributed by atoms with Crippen LogP contribution in [0, 0.1) is 40.4 Å². The van der Waals surface area contributed by atoms with E-state index in [1.54, 1.807) is 0 Å². The number of rotatable bonds is 2. The molecule has 5 aliphatic carbocycles. The Labute approximate surface area is 161 Å². The van der Waals surface area contributed by atoms with Crippen LogP contribution in [0.25, 0.3) is 0 Å². The van der Waals surface area contributed by atoms with Gasteiger partial charge in [0.05, 0.1) is 0 Å². The highest BCUT2D eigenvalue weighted by atomic mass is 19.1. The molecule has 0 unspecified atom stereocenters. The molecular weight excluding hydrogens is 343 g/mol. The van der Waals surface area contributed by atoms with Crippen LogP contribution >= 0.6 is 0 Å². The van der Waals surface area contributed by atoms with Gasteiger partial charge in [0.2, 0.25) is 0 Å². The van der Waals surface area contributed by atoms with E-state index in [1.807, 2.05) is 6.08 Å². The summed E-state index contributed by atoms with van der Waals surface area (Å²) in [7, 11) is 0. The highest BCUT2D eigenvalue weighted by Gasteiger charge is 2.82. The Bertz CT molecular complexity index is 744. The molecule has 5 aliphatic rings. The van der Waals surface area contributed by atoms with E-state index in [0.717, 1.165) is 32.1 Å². The Morgan fingerprint density at radius 3 is 2.85 bits per heavy atom. The molecule has 0 aromatic heterocycles. The molecule has 148 valence electrons. The lowest BCUT2D eigenvalue weighted by Gasteiger charge is -2.59. The van der Waals surface area contributed by atoms with Gasteiger partial charge in [-0.3, -0.25) is 9.59 Å². The summed E-state index contributed by atoms with van der Waals surface area (Å²) in [6, 6.07) is 0. The Balaban J connectivity index is 1.50. The minimum Gasteiger partial charge on any atom is -0.462 e. The van der Waals surface area contributed by atoms with Crippen molar-refractivity contribution in [2.24, 2.45) is 40.4 Å². The fraction of sp³-hybridized carbons (Fsp3) is 0.826. The van der Waals surface area contributed by atoms with Gasteiger partial charge in [0.15, 0.2) is 11.5 Å². The van der Waals surface area contributed by atoms with Crippen LogP contribution < -0.4 is 0 Å². The van der Waals surface area contributed by atoms with Crippen molar-refractivity contribution in [1.82, 2.24) is 0 Å². The van der Waals surface area contributed by atoms with Crippen molar-refractivity contribution >= 4 is 11.8 Å². The van der Waals surface area contributed by atoms with Gasteiger partial charge in [-0.25, -0.2) is 4.39 Å². The number of hydrogen-bond acceptors (Lipinski definition) is 3. The van der Waals surface area contributed by atoms with Gasteiger partial charge in [0, 0.05) is 18.8 Å². The van der Waals surface area contributed by atoms with Gasteiger partial charge in [0.25, 0.3) is 0 Å². The summed E-state index contributed by atoms with van der Waals surface area (Å²) in [4.78, 5) is 23.3. The van der Waals surface area contributed by atoms with Crippen molar-refractivity contribution in [3.8, 4) is 0 Å². The van der Waals surface area contributed by atoms with Crippen molar-refractivity contribution < 1.29 is 18.7 Å². The monoisotopic (exact) mass is 374 g/mol. The van der Waals surface area contributed by atoms with E-state index < -0.39 is 5.67 Å². The lowest BCUT2D eigenvalue weighted by atomic mass is 9.46. The highest BCUT2D eigenvalue weighted by molar-refractivity contribution is 5.91. The molecule has 0 aromatic rings. The minimum absolute atomic E-state index is 0.0774.